The number of amides is 2. The van der Waals surface area contributed by atoms with E-state index in [0.717, 1.165) is 0 Å². The van der Waals surface area contributed by atoms with Crippen LogP contribution in [0.4, 0.5) is 0 Å². The van der Waals surface area contributed by atoms with E-state index in [1.165, 1.54) is 4.90 Å². The van der Waals surface area contributed by atoms with Crippen molar-refractivity contribution < 1.29 is 19.8 Å². The lowest BCUT2D eigenvalue weighted by atomic mass is 9.80. The van der Waals surface area contributed by atoms with Crippen LogP contribution in [0.3, 0.4) is 0 Å². The Labute approximate surface area is 112 Å². The van der Waals surface area contributed by atoms with E-state index in [4.69, 9.17) is 0 Å². The van der Waals surface area contributed by atoms with Crippen LogP contribution in [0, 0.1) is 11.8 Å². The van der Waals surface area contributed by atoms with Gasteiger partial charge >= 0.3 is 0 Å². The van der Waals surface area contributed by atoms with E-state index in [-0.39, 0.29) is 35.8 Å². The van der Waals surface area contributed by atoms with Crippen molar-refractivity contribution in [3.05, 3.63) is 0 Å². The van der Waals surface area contributed by atoms with E-state index < -0.39 is 6.10 Å². The minimum atomic E-state index is -0.439. The summed E-state index contributed by atoms with van der Waals surface area (Å²) >= 11 is 0. The summed E-state index contributed by atoms with van der Waals surface area (Å²) in [6, 6.07) is -0.0360. The zero-order chi connectivity index (χ0) is 13.6. The third kappa shape index (κ3) is 2.19. The number of carbonyl (C=O) groups is 2. The molecular formula is C14H21NO4. The van der Waals surface area contributed by atoms with Crippen molar-refractivity contribution >= 4 is 11.8 Å². The molecule has 2 amide bonds. The smallest absolute Gasteiger partial charge is 0.233 e. The third-order valence-corrected chi connectivity index (χ3v) is 4.96. The summed E-state index contributed by atoms with van der Waals surface area (Å²) in [5.74, 6) is -0.635. The molecule has 1 saturated heterocycles. The first-order chi connectivity index (χ1) is 9.08. The highest BCUT2D eigenvalue weighted by molar-refractivity contribution is 6.05. The van der Waals surface area contributed by atoms with Gasteiger partial charge in [0.15, 0.2) is 0 Å². The number of nitrogens with zero attached hydrogens (tertiary/aromatic N) is 1. The Morgan fingerprint density at radius 3 is 2.05 bits per heavy atom. The number of hydrogen-bond acceptors (Lipinski definition) is 4. The van der Waals surface area contributed by atoms with Crippen LogP contribution in [-0.4, -0.2) is 45.2 Å². The molecular weight excluding hydrogens is 246 g/mol. The molecule has 19 heavy (non-hydrogen) atoms. The number of rotatable bonds is 1. The maximum atomic E-state index is 12.4. The molecule has 5 nitrogen and oxygen atoms in total. The van der Waals surface area contributed by atoms with E-state index >= 15 is 0 Å². The molecule has 3 aliphatic rings. The predicted octanol–water partition coefficient (Wildman–Crippen LogP) is 0.436. The van der Waals surface area contributed by atoms with Crippen molar-refractivity contribution in [2.24, 2.45) is 11.8 Å². The normalized spacial score (nSPS) is 43.5. The number of hydrogen-bond donors (Lipinski definition) is 2. The van der Waals surface area contributed by atoms with Gasteiger partial charge in [0.25, 0.3) is 0 Å². The number of aliphatic hydroxyl groups is 2. The molecule has 3 unspecified atom stereocenters. The highest BCUT2D eigenvalue weighted by Gasteiger charge is 2.52. The molecule has 1 heterocycles. The molecule has 0 aromatic rings. The maximum Gasteiger partial charge on any atom is 0.233 e. The first-order valence-corrected chi connectivity index (χ1v) is 7.31. The summed E-state index contributed by atoms with van der Waals surface area (Å²) < 4.78 is 0. The average molecular weight is 267 g/mol. The molecule has 0 aromatic carbocycles. The Bertz CT molecular complexity index is 389. The van der Waals surface area contributed by atoms with Crippen LogP contribution in [-0.2, 0) is 9.59 Å². The second-order valence-electron chi connectivity index (χ2n) is 6.19. The monoisotopic (exact) mass is 267 g/mol. The molecule has 2 saturated carbocycles. The molecule has 106 valence electrons. The van der Waals surface area contributed by atoms with Crippen LogP contribution in [0.25, 0.3) is 0 Å². The Kier molecular flexibility index (Phi) is 3.35. The molecule has 3 fully saturated rings. The molecule has 2 N–H and O–H groups in total. The van der Waals surface area contributed by atoms with Gasteiger partial charge in [0, 0.05) is 6.04 Å². The zero-order valence-corrected chi connectivity index (χ0v) is 11.0. The predicted molar refractivity (Wildman–Crippen MR) is 67.0 cm³/mol. The summed E-state index contributed by atoms with van der Waals surface area (Å²) in [5.41, 5.74) is 0. The maximum absolute atomic E-state index is 12.4. The van der Waals surface area contributed by atoms with Gasteiger partial charge in [-0.25, -0.2) is 0 Å². The van der Waals surface area contributed by atoms with Gasteiger partial charge in [0.2, 0.25) is 11.8 Å². The average Bonchev–Trinajstić information content (AvgIpc) is 2.63. The van der Waals surface area contributed by atoms with Gasteiger partial charge < -0.3 is 10.2 Å². The van der Waals surface area contributed by atoms with Crippen LogP contribution in [0.15, 0.2) is 0 Å². The Morgan fingerprint density at radius 1 is 0.789 bits per heavy atom. The lowest BCUT2D eigenvalue weighted by molar-refractivity contribution is -0.144. The third-order valence-electron chi connectivity index (χ3n) is 4.96. The van der Waals surface area contributed by atoms with Crippen molar-refractivity contribution in [2.45, 2.75) is 63.2 Å². The highest BCUT2D eigenvalue weighted by Crippen LogP contribution is 2.40. The summed E-state index contributed by atoms with van der Waals surface area (Å²) in [6.07, 6.45) is 3.71. The van der Waals surface area contributed by atoms with E-state index in [1.807, 2.05) is 0 Å². The van der Waals surface area contributed by atoms with Gasteiger partial charge in [-0.05, 0) is 44.9 Å². The number of aliphatic hydroxyl groups excluding tert-OH is 2. The van der Waals surface area contributed by atoms with E-state index in [9.17, 15) is 19.8 Å². The first-order valence-electron chi connectivity index (χ1n) is 7.31. The molecule has 0 bridgehead atoms. The topological polar surface area (TPSA) is 77.8 Å². The first kappa shape index (κ1) is 13.1. The van der Waals surface area contributed by atoms with Crippen LogP contribution >= 0.6 is 0 Å². The second-order valence-corrected chi connectivity index (χ2v) is 6.19. The van der Waals surface area contributed by atoms with Crippen molar-refractivity contribution in [3.63, 3.8) is 0 Å². The summed E-state index contributed by atoms with van der Waals surface area (Å²) in [7, 11) is 0. The van der Waals surface area contributed by atoms with E-state index in [0.29, 0.717) is 44.9 Å². The minimum absolute atomic E-state index is 0.0360. The fourth-order valence-electron chi connectivity index (χ4n) is 3.86. The number of imide groups is 1. The standard InChI is InChI=1S/C14H21NO4/c16-9-3-1-8(2-4-9)15-13(18)11-6-5-10(17)7-12(11)14(15)19/h8-12,16-17H,1-7H2. The summed E-state index contributed by atoms with van der Waals surface area (Å²) in [4.78, 5) is 26.3. The zero-order valence-electron chi connectivity index (χ0n) is 11.0. The molecule has 3 atom stereocenters. The quantitative estimate of drug-likeness (QED) is 0.676. The summed E-state index contributed by atoms with van der Waals surface area (Å²) in [6.45, 7) is 0. The Hall–Kier alpha value is -0.940. The Morgan fingerprint density at radius 2 is 1.37 bits per heavy atom. The van der Waals surface area contributed by atoms with Gasteiger partial charge in [-0.2, -0.15) is 0 Å². The van der Waals surface area contributed by atoms with Crippen molar-refractivity contribution in [1.82, 2.24) is 4.90 Å². The number of likely N-dealkylation sites (tertiary alicyclic amines) is 1. The summed E-state index contributed by atoms with van der Waals surface area (Å²) in [5, 5.41) is 19.2. The molecule has 0 spiro atoms. The van der Waals surface area contributed by atoms with Crippen LogP contribution in [0.1, 0.15) is 44.9 Å². The lowest BCUT2D eigenvalue weighted by Crippen LogP contribution is -2.43. The molecule has 0 aromatic heterocycles. The van der Waals surface area contributed by atoms with Gasteiger partial charge in [-0.3, -0.25) is 14.5 Å². The van der Waals surface area contributed by atoms with Gasteiger partial charge in [-0.15, -0.1) is 0 Å². The van der Waals surface area contributed by atoms with Gasteiger partial charge in [0.05, 0.1) is 24.0 Å². The molecule has 1 aliphatic heterocycles. The molecule has 2 aliphatic carbocycles. The second kappa shape index (κ2) is 4.87. The van der Waals surface area contributed by atoms with Crippen LogP contribution < -0.4 is 0 Å². The number of carbonyl (C=O) groups excluding carboxylic acids is 2. The van der Waals surface area contributed by atoms with Gasteiger partial charge in [-0.1, -0.05) is 0 Å². The fraction of sp³-hybridized carbons (Fsp3) is 0.857. The number of fused-ring (bicyclic) bond motifs is 1. The lowest BCUT2D eigenvalue weighted by Gasteiger charge is -2.31. The fourth-order valence-corrected chi connectivity index (χ4v) is 3.86. The highest BCUT2D eigenvalue weighted by atomic mass is 16.3. The molecule has 5 heteroatoms. The molecule has 3 rings (SSSR count). The van der Waals surface area contributed by atoms with E-state index in [2.05, 4.69) is 0 Å². The molecule has 0 radical (unpaired) electrons. The van der Waals surface area contributed by atoms with Crippen molar-refractivity contribution in [1.29, 1.82) is 0 Å². The van der Waals surface area contributed by atoms with Crippen LogP contribution in [0.5, 0.6) is 0 Å². The minimum Gasteiger partial charge on any atom is -0.393 e. The van der Waals surface area contributed by atoms with Crippen LogP contribution in [0.2, 0.25) is 0 Å². The SMILES string of the molecule is O=C1C2CCC(O)CC2C(=O)N1C1CCC(O)CC1. The largest absolute Gasteiger partial charge is 0.393 e. The van der Waals surface area contributed by atoms with Crippen molar-refractivity contribution in [2.75, 3.05) is 0 Å². The van der Waals surface area contributed by atoms with Crippen molar-refractivity contribution in [3.8, 4) is 0 Å². The Balaban J connectivity index is 1.75. The van der Waals surface area contributed by atoms with Gasteiger partial charge in [0.1, 0.15) is 0 Å². The van der Waals surface area contributed by atoms with E-state index in [1.54, 1.807) is 0 Å².